The lowest BCUT2D eigenvalue weighted by Gasteiger charge is -2.23. The van der Waals surface area contributed by atoms with Gasteiger partial charge in [0.05, 0.1) is 6.61 Å². The summed E-state index contributed by atoms with van der Waals surface area (Å²) in [6, 6.07) is 0.508. The average molecular weight is 229 g/mol. The molecule has 0 bridgehead atoms. The maximum absolute atomic E-state index is 5.81. The van der Waals surface area contributed by atoms with Crippen molar-refractivity contribution in [1.29, 1.82) is 0 Å². The second-order valence-corrected chi connectivity index (χ2v) is 5.24. The Morgan fingerprint density at radius 2 is 1.69 bits per heavy atom. The third kappa shape index (κ3) is 8.12. The van der Waals surface area contributed by atoms with Crippen LogP contribution in [0.2, 0.25) is 0 Å². The van der Waals surface area contributed by atoms with Gasteiger partial charge in [-0.1, -0.05) is 41.0 Å². The van der Waals surface area contributed by atoms with Crippen molar-refractivity contribution in [3.8, 4) is 0 Å². The van der Waals surface area contributed by atoms with Crippen LogP contribution in [0, 0.1) is 11.8 Å². The lowest BCUT2D eigenvalue weighted by atomic mass is 10.0. The van der Waals surface area contributed by atoms with Crippen LogP contribution in [-0.4, -0.2) is 25.8 Å². The summed E-state index contributed by atoms with van der Waals surface area (Å²) in [4.78, 5) is 0. The Labute approximate surface area is 102 Å². The van der Waals surface area contributed by atoms with E-state index in [-0.39, 0.29) is 0 Å². The maximum Gasteiger partial charge on any atom is 0.0622 e. The van der Waals surface area contributed by atoms with Crippen LogP contribution >= 0.6 is 0 Å². The molecule has 0 rings (SSSR count). The SMILES string of the molecule is CCCNC(COCC(C)CCC)C(C)C. The second kappa shape index (κ2) is 10.1. The molecule has 98 valence electrons. The molecule has 0 aromatic rings. The number of hydrogen-bond donors (Lipinski definition) is 1. The van der Waals surface area contributed by atoms with Gasteiger partial charge in [0.1, 0.15) is 0 Å². The Balaban J connectivity index is 3.67. The van der Waals surface area contributed by atoms with E-state index in [1.165, 1.54) is 19.3 Å². The summed E-state index contributed by atoms with van der Waals surface area (Å²) >= 11 is 0. The van der Waals surface area contributed by atoms with Crippen molar-refractivity contribution in [2.45, 2.75) is 59.9 Å². The number of nitrogens with one attached hydrogen (secondary N) is 1. The molecule has 0 amide bonds. The first kappa shape index (κ1) is 15.9. The van der Waals surface area contributed by atoms with Crippen LogP contribution in [0.5, 0.6) is 0 Å². The van der Waals surface area contributed by atoms with Gasteiger partial charge in [0.25, 0.3) is 0 Å². The molecule has 2 unspecified atom stereocenters. The summed E-state index contributed by atoms with van der Waals surface area (Å²) in [5.74, 6) is 1.34. The van der Waals surface area contributed by atoms with Crippen molar-refractivity contribution in [1.82, 2.24) is 5.32 Å². The molecule has 2 nitrogen and oxygen atoms in total. The normalized spacial score (nSPS) is 15.4. The lowest BCUT2D eigenvalue weighted by molar-refractivity contribution is 0.0730. The van der Waals surface area contributed by atoms with Crippen LogP contribution in [0.3, 0.4) is 0 Å². The first-order chi connectivity index (χ1) is 7.61. The van der Waals surface area contributed by atoms with Crippen LogP contribution in [0.25, 0.3) is 0 Å². The molecule has 0 radical (unpaired) electrons. The van der Waals surface area contributed by atoms with E-state index in [0.29, 0.717) is 17.9 Å². The van der Waals surface area contributed by atoms with Crippen molar-refractivity contribution in [3.63, 3.8) is 0 Å². The Kier molecular flexibility index (Phi) is 10.0. The zero-order valence-corrected chi connectivity index (χ0v) is 11.9. The van der Waals surface area contributed by atoms with Crippen LogP contribution < -0.4 is 5.32 Å². The summed E-state index contributed by atoms with van der Waals surface area (Å²) in [5, 5.41) is 3.55. The van der Waals surface area contributed by atoms with Crippen molar-refractivity contribution >= 4 is 0 Å². The summed E-state index contributed by atoms with van der Waals surface area (Å²) in [6.07, 6.45) is 3.72. The quantitative estimate of drug-likeness (QED) is 0.619. The highest BCUT2D eigenvalue weighted by molar-refractivity contribution is 4.69. The molecular weight excluding hydrogens is 198 g/mol. The van der Waals surface area contributed by atoms with Crippen LogP contribution in [0.1, 0.15) is 53.9 Å². The van der Waals surface area contributed by atoms with Gasteiger partial charge in [-0.25, -0.2) is 0 Å². The molecule has 0 heterocycles. The monoisotopic (exact) mass is 229 g/mol. The molecule has 0 saturated carbocycles. The minimum Gasteiger partial charge on any atom is -0.380 e. The average Bonchev–Trinajstić information content (AvgIpc) is 2.23. The molecule has 2 atom stereocenters. The van der Waals surface area contributed by atoms with Gasteiger partial charge in [-0.05, 0) is 31.2 Å². The number of hydrogen-bond acceptors (Lipinski definition) is 2. The third-order valence-corrected chi connectivity index (χ3v) is 2.94. The highest BCUT2D eigenvalue weighted by Gasteiger charge is 2.12. The van der Waals surface area contributed by atoms with Crippen LogP contribution in [-0.2, 0) is 4.74 Å². The zero-order valence-electron chi connectivity index (χ0n) is 11.9. The van der Waals surface area contributed by atoms with Crippen molar-refractivity contribution in [3.05, 3.63) is 0 Å². The molecule has 2 heteroatoms. The van der Waals surface area contributed by atoms with E-state index in [4.69, 9.17) is 4.74 Å². The third-order valence-electron chi connectivity index (χ3n) is 2.94. The van der Waals surface area contributed by atoms with E-state index in [2.05, 4.69) is 39.9 Å². The maximum atomic E-state index is 5.81. The van der Waals surface area contributed by atoms with E-state index in [9.17, 15) is 0 Å². The lowest BCUT2D eigenvalue weighted by Crippen LogP contribution is -2.38. The minimum absolute atomic E-state index is 0.508. The van der Waals surface area contributed by atoms with Crippen molar-refractivity contribution < 1.29 is 4.74 Å². The molecule has 0 aliphatic rings. The van der Waals surface area contributed by atoms with Gasteiger partial charge in [-0.15, -0.1) is 0 Å². The Morgan fingerprint density at radius 1 is 1.00 bits per heavy atom. The molecule has 0 aromatic carbocycles. The molecule has 0 aliphatic carbocycles. The number of rotatable bonds is 10. The first-order valence-corrected chi connectivity index (χ1v) is 6.92. The van der Waals surface area contributed by atoms with Gasteiger partial charge >= 0.3 is 0 Å². The summed E-state index contributed by atoms with van der Waals surface area (Å²) in [6.45, 7) is 14.1. The molecule has 0 saturated heterocycles. The topological polar surface area (TPSA) is 21.3 Å². The van der Waals surface area contributed by atoms with Crippen LogP contribution in [0.4, 0.5) is 0 Å². The van der Waals surface area contributed by atoms with E-state index in [1.807, 2.05) is 0 Å². The van der Waals surface area contributed by atoms with E-state index in [0.717, 1.165) is 19.8 Å². The molecule has 1 N–H and O–H groups in total. The van der Waals surface area contributed by atoms with Gasteiger partial charge in [-0.3, -0.25) is 0 Å². The predicted octanol–water partition coefficient (Wildman–Crippen LogP) is 3.46. The van der Waals surface area contributed by atoms with Gasteiger partial charge < -0.3 is 10.1 Å². The fourth-order valence-corrected chi connectivity index (χ4v) is 1.79. The highest BCUT2D eigenvalue weighted by Crippen LogP contribution is 2.07. The fraction of sp³-hybridized carbons (Fsp3) is 1.00. The Morgan fingerprint density at radius 3 is 2.19 bits per heavy atom. The van der Waals surface area contributed by atoms with Gasteiger partial charge in [0, 0.05) is 12.6 Å². The minimum atomic E-state index is 0.508. The van der Waals surface area contributed by atoms with Crippen molar-refractivity contribution in [2.24, 2.45) is 11.8 Å². The molecule has 0 aliphatic heterocycles. The number of ether oxygens (including phenoxy) is 1. The zero-order chi connectivity index (χ0) is 12.4. The largest absolute Gasteiger partial charge is 0.380 e. The fourth-order valence-electron chi connectivity index (χ4n) is 1.79. The molecule has 0 aromatic heterocycles. The van der Waals surface area contributed by atoms with Gasteiger partial charge in [-0.2, -0.15) is 0 Å². The second-order valence-electron chi connectivity index (χ2n) is 5.24. The van der Waals surface area contributed by atoms with Gasteiger partial charge in [0.2, 0.25) is 0 Å². The predicted molar refractivity (Wildman–Crippen MR) is 71.8 cm³/mol. The molecule has 16 heavy (non-hydrogen) atoms. The van der Waals surface area contributed by atoms with E-state index < -0.39 is 0 Å². The standard InChI is InChI=1S/C14H31NO/c1-6-8-13(5)10-16-11-14(12(3)4)15-9-7-2/h12-15H,6-11H2,1-5H3. The molecule has 0 spiro atoms. The van der Waals surface area contributed by atoms with Crippen LogP contribution in [0.15, 0.2) is 0 Å². The first-order valence-electron chi connectivity index (χ1n) is 6.92. The highest BCUT2D eigenvalue weighted by atomic mass is 16.5. The Bertz CT molecular complexity index is 148. The van der Waals surface area contributed by atoms with E-state index >= 15 is 0 Å². The summed E-state index contributed by atoms with van der Waals surface area (Å²) in [7, 11) is 0. The van der Waals surface area contributed by atoms with E-state index in [1.54, 1.807) is 0 Å². The Hall–Kier alpha value is -0.0800. The molecular formula is C14H31NO. The summed E-state index contributed by atoms with van der Waals surface area (Å²) < 4.78 is 5.81. The summed E-state index contributed by atoms with van der Waals surface area (Å²) in [5.41, 5.74) is 0. The molecule has 0 fully saturated rings. The van der Waals surface area contributed by atoms with Crippen molar-refractivity contribution in [2.75, 3.05) is 19.8 Å². The smallest absolute Gasteiger partial charge is 0.0622 e. The van der Waals surface area contributed by atoms with Gasteiger partial charge in [0.15, 0.2) is 0 Å².